The second kappa shape index (κ2) is 14.6. The van der Waals surface area contributed by atoms with Crippen LogP contribution < -0.4 is 4.74 Å². The van der Waals surface area contributed by atoms with E-state index in [4.69, 9.17) is 9.47 Å². The van der Waals surface area contributed by atoms with Gasteiger partial charge in [-0.3, -0.25) is 0 Å². The molecule has 0 spiro atoms. The lowest BCUT2D eigenvalue weighted by molar-refractivity contribution is 0.233. The third kappa shape index (κ3) is 9.19. The van der Waals surface area contributed by atoms with Crippen LogP contribution in [0.1, 0.15) is 27.7 Å². The van der Waals surface area contributed by atoms with Crippen LogP contribution in [0.4, 0.5) is 8.78 Å². The van der Waals surface area contributed by atoms with Crippen LogP contribution in [-0.2, 0) is 4.74 Å². The molecule has 1 rings (SSSR count). The fourth-order valence-electron chi connectivity index (χ4n) is 0.966. The van der Waals surface area contributed by atoms with Gasteiger partial charge in [0.2, 0.25) is 5.82 Å². The van der Waals surface area contributed by atoms with Crippen LogP contribution in [0.5, 0.6) is 5.75 Å². The minimum absolute atomic E-state index is 0.0860. The molecule has 4 heteroatoms. The van der Waals surface area contributed by atoms with E-state index in [-0.39, 0.29) is 12.4 Å². The van der Waals surface area contributed by atoms with Crippen LogP contribution in [0.3, 0.4) is 0 Å². The van der Waals surface area contributed by atoms with E-state index >= 15 is 0 Å². The van der Waals surface area contributed by atoms with Gasteiger partial charge in [-0.05, 0) is 18.2 Å². The molecule has 0 amide bonds. The molecule has 0 fully saturated rings. The van der Waals surface area contributed by atoms with Gasteiger partial charge in [-0.15, -0.1) is 0 Å². The fraction of sp³-hybridized carbons (Fsp3) is 0.467. The van der Waals surface area contributed by atoms with Gasteiger partial charge in [0.05, 0.1) is 6.61 Å². The molecular formula is C15H24F2O2. The van der Waals surface area contributed by atoms with Crippen LogP contribution in [0.2, 0.25) is 0 Å². The van der Waals surface area contributed by atoms with Crippen molar-refractivity contribution in [2.45, 2.75) is 27.7 Å². The number of ether oxygens (including phenoxy) is 2. The summed E-state index contributed by atoms with van der Waals surface area (Å²) in [5.74, 6) is -1.96. The maximum Gasteiger partial charge on any atom is 0.200 e. The monoisotopic (exact) mass is 274 g/mol. The van der Waals surface area contributed by atoms with Gasteiger partial charge in [-0.2, -0.15) is 4.39 Å². The maximum absolute atomic E-state index is 13.0. The van der Waals surface area contributed by atoms with E-state index in [1.165, 1.54) is 12.1 Å². The Morgan fingerprint density at radius 1 is 1.00 bits per heavy atom. The predicted octanol–water partition coefficient (Wildman–Crippen LogP) is 4.60. The van der Waals surface area contributed by atoms with Crippen molar-refractivity contribution in [1.29, 1.82) is 0 Å². The molecule has 0 unspecified atom stereocenters. The van der Waals surface area contributed by atoms with Gasteiger partial charge in [0.1, 0.15) is 6.61 Å². The molecule has 0 N–H and O–H groups in total. The second-order valence-electron chi connectivity index (χ2n) is 2.79. The molecule has 1 aromatic carbocycles. The number of halogens is 2. The van der Waals surface area contributed by atoms with Crippen molar-refractivity contribution in [2.75, 3.05) is 20.3 Å². The summed E-state index contributed by atoms with van der Waals surface area (Å²) in [5.41, 5.74) is 0. The third-order valence-electron chi connectivity index (χ3n) is 1.68. The minimum Gasteiger partial charge on any atom is -0.486 e. The van der Waals surface area contributed by atoms with E-state index in [1.807, 2.05) is 27.7 Å². The molecule has 0 saturated heterocycles. The number of rotatable bonds is 5. The number of hydrogen-bond donors (Lipinski definition) is 0. The van der Waals surface area contributed by atoms with Gasteiger partial charge in [0, 0.05) is 7.11 Å². The largest absolute Gasteiger partial charge is 0.486 e. The van der Waals surface area contributed by atoms with E-state index in [9.17, 15) is 8.78 Å². The van der Waals surface area contributed by atoms with Crippen molar-refractivity contribution in [3.63, 3.8) is 0 Å². The highest BCUT2D eigenvalue weighted by atomic mass is 19.2. The van der Waals surface area contributed by atoms with Gasteiger partial charge in [-0.25, -0.2) is 4.39 Å². The summed E-state index contributed by atoms with van der Waals surface area (Å²) in [7, 11) is 1.57. The van der Waals surface area contributed by atoms with Gasteiger partial charge in [0.25, 0.3) is 0 Å². The Morgan fingerprint density at radius 2 is 1.58 bits per heavy atom. The Hall–Kier alpha value is -1.42. The molecule has 1 aromatic rings. The average Bonchev–Trinajstić information content (AvgIpc) is 2.47. The number of hydrogen-bond acceptors (Lipinski definition) is 2. The summed E-state index contributed by atoms with van der Waals surface area (Å²) in [6.07, 6.45) is 3.41. The maximum atomic E-state index is 13.0. The predicted molar refractivity (Wildman–Crippen MR) is 75.6 cm³/mol. The van der Waals surface area contributed by atoms with Gasteiger partial charge in [0.15, 0.2) is 11.6 Å². The minimum atomic E-state index is -0.961. The van der Waals surface area contributed by atoms with Gasteiger partial charge < -0.3 is 9.47 Å². The molecule has 0 saturated carbocycles. The van der Waals surface area contributed by atoms with E-state index < -0.39 is 11.6 Å². The van der Waals surface area contributed by atoms with Crippen LogP contribution >= 0.6 is 0 Å². The van der Waals surface area contributed by atoms with Crippen LogP contribution in [0.15, 0.2) is 30.4 Å². The standard InChI is InChI=1S/C11H12F2O2.2C2H6/c1-14-7-2-3-8-15-10-6-4-5-9(12)11(10)13;2*1-2/h2-6H,7-8H2,1H3;2*1-2H3/b3-2+;;. The molecule has 2 nitrogen and oxygen atoms in total. The van der Waals surface area contributed by atoms with Crippen molar-refractivity contribution in [3.05, 3.63) is 42.0 Å². The van der Waals surface area contributed by atoms with E-state index in [0.29, 0.717) is 6.61 Å². The summed E-state index contributed by atoms with van der Waals surface area (Å²) in [5, 5.41) is 0. The quantitative estimate of drug-likeness (QED) is 0.731. The molecule has 0 heterocycles. The molecule has 0 aliphatic rings. The molecule has 0 radical (unpaired) electrons. The molecule has 0 aliphatic heterocycles. The summed E-state index contributed by atoms with van der Waals surface area (Å²) < 4.78 is 35.5. The molecule has 0 bridgehead atoms. The summed E-state index contributed by atoms with van der Waals surface area (Å²) in [6.45, 7) is 8.65. The van der Waals surface area contributed by atoms with Crippen molar-refractivity contribution >= 4 is 0 Å². The van der Waals surface area contributed by atoms with E-state index in [0.717, 1.165) is 6.07 Å². The van der Waals surface area contributed by atoms with E-state index in [2.05, 4.69) is 0 Å². The first-order valence-electron chi connectivity index (χ1n) is 6.46. The molecule has 0 aliphatic carbocycles. The summed E-state index contributed by atoms with van der Waals surface area (Å²) in [4.78, 5) is 0. The van der Waals surface area contributed by atoms with E-state index in [1.54, 1.807) is 19.3 Å². The van der Waals surface area contributed by atoms with Crippen LogP contribution in [0.25, 0.3) is 0 Å². The van der Waals surface area contributed by atoms with Gasteiger partial charge in [-0.1, -0.05) is 39.8 Å². The zero-order valence-electron chi connectivity index (χ0n) is 12.4. The normalized spacial score (nSPS) is 9.21. The fourth-order valence-corrected chi connectivity index (χ4v) is 0.966. The zero-order valence-corrected chi connectivity index (χ0v) is 12.4. The summed E-state index contributed by atoms with van der Waals surface area (Å²) in [6, 6.07) is 3.82. The third-order valence-corrected chi connectivity index (χ3v) is 1.68. The Morgan fingerprint density at radius 3 is 2.16 bits per heavy atom. The Bertz CT molecular complexity index is 339. The van der Waals surface area contributed by atoms with Crippen molar-refractivity contribution in [2.24, 2.45) is 0 Å². The van der Waals surface area contributed by atoms with Crippen LogP contribution in [0, 0.1) is 11.6 Å². The van der Waals surface area contributed by atoms with Gasteiger partial charge >= 0.3 is 0 Å². The Kier molecular flexibility index (Phi) is 15.3. The highest BCUT2D eigenvalue weighted by Crippen LogP contribution is 2.18. The molecule has 0 aromatic heterocycles. The first-order chi connectivity index (χ1) is 9.25. The lowest BCUT2D eigenvalue weighted by Crippen LogP contribution is -1.98. The SMILES string of the molecule is CC.CC.COC/C=C/COc1cccc(F)c1F. The lowest BCUT2D eigenvalue weighted by atomic mass is 10.3. The Balaban J connectivity index is 0. The first-order valence-corrected chi connectivity index (χ1v) is 6.46. The second-order valence-corrected chi connectivity index (χ2v) is 2.79. The number of methoxy groups -OCH3 is 1. The van der Waals surface area contributed by atoms with Crippen molar-refractivity contribution in [1.82, 2.24) is 0 Å². The van der Waals surface area contributed by atoms with Crippen molar-refractivity contribution < 1.29 is 18.3 Å². The zero-order chi connectivity index (χ0) is 15.1. The topological polar surface area (TPSA) is 18.5 Å². The highest BCUT2D eigenvalue weighted by Gasteiger charge is 2.07. The highest BCUT2D eigenvalue weighted by molar-refractivity contribution is 5.25. The van der Waals surface area contributed by atoms with Crippen molar-refractivity contribution in [3.8, 4) is 5.75 Å². The Labute approximate surface area is 115 Å². The summed E-state index contributed by atoms with van der Waals surface area (Å²) >= 11 is 0. The van der Waals surface area contributed by atoms with Crippen LogP contribution in [-0.4, -0.2) is 20.3 Å². The lowest BCUT2D eigenvalue weighted by Gasteiger charge is -2.04. The average molecular weight is 274 g/mol. The molecular weight excluding hydrogens is 250 g/mol. The molecule has 0 atom stereocenters. The number of benzene rings is 1. The molecule has 110 valence electrons. The first kappa shape index (κ1) is 19.9. The molecule has 19 heavy (non-hydrogen) atoms. The smallest absolute Gasteiger partial charge is 0.200 e.